The molecule has 15 heavy (non-hydrogen) atoms. The van der Waals surface area contributed by atoms with Crippen molar-refractivity contribution in [1.82, 2.24) is 0 Å². The van der Waals surface area contributed by atoms with Gasteiger partial charge >= 0.3 is 5.97 Å². The van der Waals surface area contributed by atoms with E-state index >= 15 is 0 Å². The van der Waals surface area contributed by atoms with E-state index < -0.39 is 17.7 Å². The number of hydrogen-bond acceptors (Lipinski definition) is 4. The van der Waals surface area contributed by atoms with Crippen molar-refractivity contribution < 1.29 is 19.4 Å². The third kappa shape index (κ3) is 3.08. The van der Waals surface area contributed by atoms with Crippen LogP contribution in [0.1, 0.15) is 13.3 Å². The lowest BCUT2D eigenvalue weighted by atomic mass is 9.96. The minimum Gasteiger partial charge on any atom is -0.459 e. The smallest absolute Gasteiger partial charge is 0.384 e. The number of ether oxygens (including phenoxy) is 2. The third-order valence-corrected chi connectivity index (χ3v) is 2.11. The number of epoxide rings is 1. The van der Waals surface area contributed by atoms with Gasteiger partial charge in [0.1, 0.15) is 11.7 Å². The molecule has 0 aromatic rings. The highest BCUT2D eigenvalue weighted by Crippen LogP contribution is 2.36. The van der Waals surface area contributed by atoms with Crippen LogP contribution < -0.4 is 0 Å². The number of carbonyl (C=O) groups excluding carboxylic acids is 1. The second-order valence-electron chi connectivity index (χ2n) is 3.65. The molecule has 0 aromatic carbocycles. The lowest BCUT2D eigenvalue weighted by molar-refractivity contribution is -0.133. The molecule has 4 heteroatoms. The van der Waals surface area contributed by atoms with Gasteiger partial charge in [0, 0.05) is 12.3 Å². The number of carbonyl (C=O) groups is 1. The fourth-order valence-corrected chi connectivity index (χ4v) is 1.27. The Kier molecular flexibility index (Phi) is 3.51. The lowest BCUT2D eigenvalue weighted by Gasteiger charge is -2.13. The highest BCUT2D eigenvalue weighted by molar-refractivity contribution is 5.88. The van der Waals surface area contributed by atoms with Crippen LogP contribution in [-0.2, 0) is 14.3 Å². The summed E-state index contributed by atoms with van der Waals surface area (Å²) in [6.07, 6.45) is -0.433. The van der Waals surface area contributed by atoms with Gasteiger partial charge in [-0.3, -0.25) is 0 Å². The Morgan fingerprint density at radius 3 is 2.80 bits per heavy atom. The molecule has 0 saturated carbocycles. The molecule has 1 unspecified atom stereocenters. The van der Waals surface area contributed by atoms with Gasteiger partial charge in [-0.15, -0.1) is 6.58 Å². The number of methoxy groups -OCH3 is 1. The quantitative estimate of drug-likeness (QED) is 0.239. The Bertz CT molecular complexity index is 330. The number of esters is 1. The molecule has 2 atom stereocenters. The summed E-state index contributed by atoms with van der Waals surface area (Å²) in [5.74, 6) is 3.92. The van der Waals surface area contributed by atoms with Crippen LogP contribution in [0.15, 0.2) is 12.2 Å². The molecule has 0 spiro atoms. The average Bonchev–Trinajstić information content (AvgIpc) is 2.93. The maximum atomic E-state index is 10.7. The summed E-state index contributed by atoms with van der Waals surface area (Å²) < 4.78 is 9.50. The van der Waals surface area contributed by atoms with E-state index in [1.165, 1.54) is 7.11 Å². The van der Waals surface area contributed by atoms with Gasteiger partial charge < -0.3 is 14.6 Å². The predicted octanol–water partition coefficient (Wildman–Crippen LogP) is 0.259. The van der Waals surface area contributed by atoms with Crippen LogP contribution in [0.3, 0.4) is 0 Å². The van der Waals surface area contributed by atoms with E-state index in [1.54, 1.807) is 0 Å². The van der Waals surface area contributed by atoms with E-state index in [-0.39, 0.29) is 0 Å². The molecule has 0 amide bonds. The van der Waals surface area contributed by atoms with Crippen molar-refractivity contribution in [3.63, 3.8) is 0 Å². The summed E-state index contributed by atoms with van der Waals surface area (Å²) in [5, 5.41) is 9.69. The van der Waals surface area contributed by atoms with Crippen LogP contribution in [0.5, 0.6) is 0 Å². The zero-order valence-electron chi connectivity index (χ0n) is 8.87. The van der Waals surface area contributed by atoms with E-state index in [0.29, 0.717) is 13.0 Å². The molecule has 1 N–H and O–H groups in total. The van der Waals surface area contributed by atoms with Crippen molar-refractivity contribution in [3.8, 4) is 11.8 Å². The zero-order chi connectivity index (χ0) is 11.5. The van der Waals surface area contributed by atoms with Crippen molar-refractivity contribution in [2.75, 3.05) is 13.7 Å². The molecular formula is C11H14O4. The highest BCUT2D eigenvalue weighted by Gasteiger charge is 2.50. The van der Waals surface area contributed by atoms with E-state index in [1.807, 2.05) is 6.92 Å². The first-order valence-electron chi connectivity index (χ1n) is 4.56. The summed E-state index contributed by atoms with van der Waals surface area (Å²) in [6.45, 7) is 6.04. The zero-order valence-corrected chi connectivity index (χ0v) is 8.87. The number of hydrogen-bond donors (Lipinski definition) is 1. The Balaban J connectivity index is 2.59. The van der Waals surface area contributed by atoms with Crippen molar-refractivity contribution in [1.29, 1.82) is 0 Å². The maximum absolute atomic E-state index is 10.7. The van der Waals surface area contributed by atoms with Gasteiger partial charge in [0.2, 0.25) is 0 Å². The molecule has 1 rings (SSSR count). The van der Waals surface area contributed by atoms with Crippen LogP contribution in [0.25, 0.3) is 0 Å². The van der Waals surface area contributed by atoms with Crippen LogP contribution in [-0.4, -0.2) is 36.5 Å². The highest BCUT2D eigenvalue weighted by atomic mass is 16.6. The fraction of sp³-hybridized carbons (Fsp3) is 0.545. The molecule has 1 fully saturated rings. The van der Waals surface area contributed by atoms with E-state index in [0.717, 1.165) is 5.57 Å². The van der Waals surface area contributed by atoms with Crippen LogP contribution >= 0.6 is 0 Å². The molecule has 1 heterocycles. The summed E-state index contributed by atoms with van der Waals surface area (Å²) in [5.41, 5.74) is 0.249. The number of aliphatic hydroxyl groups is 1. The Labute approximate surface area is 88.9 Å². The van der Waals surface area contributed by atoms with Crippen molar-refractivity contribution in [3.05, 3.63) is 12.2 Å². The van der Waals surface area contributed by atoms with Gasteiger partial charge in [-0.1, -0.05) is 11.5 Å². The topological polar surface area (TPSA) is 59.1 Å². The van der Waals surface area contributed by atoms with Gasteiger partial charge in [-0.2, -0.15) is 0 Å². The molecule has 1 aliphatic rings. The summed E-state index contributed by atoms with van der Waals surface area (Å²) >= 11 is 0. The van der Waals surface area contributed by atoms with E-state index in [2.05, 4.69) is 23.2 Å². The van der Waals surface area contributed by atoms with Crippen molar-refractivity contribution >= 4 is 5.97 Å². The van der Waals surface area contributed by atoms with Gasteiger partial charge in [0.25, 0.3) is 0 Å². The molecule has 0 aliphatic carbocycles. The second kappa shape index (κ2) is 4.47. The molecule has 0 radical (unpaired) electrons. The second-order valence-corrected chi connectivity index (χ2v) is 3.65. The van der Waals surface area contributed by atoms with Crippen molar-refractivity contribution in [2.24, 2.45) is 0 Å². The first kappa shape index (κ1) is 11.8. The fourth-order valence-electron chi connectivity index (χ4n) is 1.27. The number of rotatable bonds is 3. The molecule has 82 valence electrons. The Hall–Kier alpha value is -1.31. The third-order valence-electron chi connectivity index (χ3n) is 2.11. The largest absolute Gasteiger partial charge is 0.459 e. The first-order chi connectivity index (χ1) is 7.00. The standard InChI is InChI=1S/C11H14O4/c1-8(2)6-11(7-15-11)9(12)4-5-10(13)14-3/h9,12H,1,6-7H2,2-3H3/t9?,11-/m1/s1. The molecular weight excluding hydrogens is 196 g/mol. The molecule has 4 nitrogen and oxygen atoms in total. The summed E-state index contributed by atoms with van der Waals surface area (Å²) in [7, 11) is 1.24. The Morgan fingerprint density at radius 2 is 2.40 bits per heavy atom. The SMILES string of the molecule is C=C(C)C[C@]1(C(O)C#CC(=O)OC)CO1. The van der Waals surface area contributed by atoms with Gasteiger partial charge in [0.05, 0.1) is 13.7 Å². The van der Waals surface area contributed by atoms with Crippen LogP contribution in [0, 0.1) is 11.8 Å². The van der Waals surface area contributed by atoms with Gasteiger partial charge in [0.15, 0.2) is 0 Å². The lowest BCUT2D eigenvalue weighted by Crippen LogP contribution is -2.28. The van der Waals surface area contributed by atoms with Gasteiger partial charge in [-0.25, -0.2) is 4.79 Å². The van der Waals surface area contributed by atoms with Crippen LogP contribution in [0.4, 0.5) is 0 Å². The molecule has 0 aromatic heterocycles. The van der Waals surface area contributed by atoms with Crippen molar-refractivity contribution in [2.45, 2.75) is 25.0 Å². The monoisotopic (exact) mass is 210 g/mol. The molecule has 0 bridgehead atoms. The van der Waals surface area contributed by atoms with E-state index in [9.17, 15) is 9.90 Å². The maximum Gasteiger partial charge on any atom is 0.384 e. The van der Waals surface area contributed by atoms with Crippen LogP contribution in [0.2, 0.25) is 0 Å². The minimum absolute atomic E-state index is 0.441. The molecule has 1 aliphatic heterocycles. The Morgan fingerprint density at radius 1 is 1.80 bits per heavy atom. The number of aliphatic hydroxyl groups excluding tert-OH is 1. The average molecular weight is 210 g/mol. The minimum atomic E-state index is -0.978. The van der Waals surface area contributed by atoms with E-state index in [4.69, 9.17) is 4.74 Å². The first-order valence-corrected chi connectivity index (χ1v) is 4.56. The summed E-state index contributed by atoms with van der Waals surface area (Å²) in [6, 6.07) is 0. The van der Waals surface area contributed by atoms with Gasteiger partial charge in [-0.05, 0) is 6.92 Å². The summed E-state index contributed by atoms with van der Waals surface area (Å²) in [4.78, 5) is 10.7. The normalized spacial score (nSPS) is 24.7. The predicted molar refractivity (Wildman–Crippen MR) is 53.9 cm³/mol. The molecule has 1 saturated heterocycles.